The molecule has 0 amide bonds. The van der Waals surface area contributed by atoms with Crippen LogP contribution in [0, 0.1) is 5.92 Å². The van der Waals surface area contributed by atoms with E-state index in [1.165, 1.54) is 54.4 Å². The molecule has 0 bridgehead atoms. The number of hydrogen-bond donors (Lipinski definition) is 1. The van der Waals surface area contributed by atoms with Gasteiger partial charge in [-0.3, -0.25) is 0 Å². The van der Waals surface area contributed by atoms with Gasteiger partial charge in [-0.1, -0.05) is 94.5 Å². The molecule has 1 aliphatic rings. The van der Waals surface area contributed by atoms with E-state index in [9.17, 15) is 5.11 Å². The van der Waals surface area contributed by atoms with E-state index in [4.69, 9.17) is 4.74 Å². The lowest BCUT2D eigenvalue weighted by Crippen LogP contribution is -2.36. The molecule has 1 saturated carbocycles. The Kier molecular flexibility index (Phi) is 9.64. The standard InChI is InChI=1S/C33H48O2/c1-7-8-9-13-19-32(4,5)28-16-17-29(31(22-28)35-24-26-14-11-10-12-15-26)30-23-33(6,34)20-18-27(30)21-25(2)3/h10-12,14-17,22,27,30,34H,2,7-9,13,18-21,23-24H2,1,3-6H3/t27-,30-,33-/m0/s1. The highest BCUT2D eigenvalue weighted by Crippen LogP contribution is 2.48. The minimum atomic E-state index is -0.635. The quantitative estimate of drug-likeness (QED) is 0.244. The molecule has 0 heterocycles. The lowest BCUT2D eigenvalue weighted by Gasteiger charge is -2.41. The van der Waals surface area contributed by atoms with Crippen molar-refractivity contribution in [3.63, 3.8) is 0 Å². The largest absolute Gasteiger partial charge is 0.489 e. The molecule has 2 nitrogen and oxygen atoms in total. The topological polar surface area (TPSA) is 29.5 Å². The molecule has 1 aliphatic carbocycles. The Morgan fingerprint density at radius 3 is 2.54 bits per heavy atom. The summed E-state index contributed by atoms with van der Waals surface area (Å²) in [4.78, 5) is 0. The predicted octanol–water partition coefficient (Wildman–Crippen LogP) is 9.11. The van der Waals surface area contributed by atoms with Crippen LogP contribution in [0.5, 0.6) is 5.75 Å². The van der Waals surface area contributed by atoms with Crippen LogP contribution in [0.3, 0.4) is 0 Å². The maximum absolute atomic E-state index is 11.0. The summed E-state index contributed by atoms with van der Waals surface area (Å²) in [6, 6.07) is 17.4. The van der Waals surface area contributed by atoms with Gasteiger partial charge in [-0.15, -0.1) is 6.58 Å². The molecule has 3 rings (SSSR count). The number of hydrogen-bond acceptors (Lipinski definition) is 2. The number of allylic oxidation sites excluding steroid dienone is 1. The van der Waals surface area contributed by atoms with E-state index in [-0.39, 0.29) is 11.3 Å². The maximum Gasteiger partial charge on any atom is 0.123 e. The van der Waals surface area contributed by atoms with Crippen molar-refractivity contribution in [1.82, 2.24) is 0 Å². The Morgan fingerprint density at radius 2 is 1.86 bits per heavy atom. The molecule has 35 heavy (non-hydrogen) atoms. The Hall–Kier alpha value is -2.06. The summed E-state index contributed by atoms with van der Waals surface area (Å²) < 4.78 is 6.57. The number of aliphatic hydroxyl groups is 1. The fraction of sp³-hybridized carbons (Fsp3) is 0.576. The highest BCUT2D eigenvalue weighted by Gasteiger charge is 2.38. The van der Waals surface area contributed by atoms with Gasteiger partial charge in [0.15, 0.2) is 0 Å². The van der Waals surface area contributed by atoms with E-state index in [1.807, 2.05) is 13.0 Å². The van der Waals surface area contributed by atoms with Crippen molar-refractivity contribution in [2.24, 2.45) is 5.92 Å². The molecule has 0 aliphatic heterocycles. The van der Waals surface area contributed by atoms with Crippen LogP contribution >= 0.6 is 0 Å². The van der Waals surface area contributed by atoms with Crippen molar-refractivity contribution in [3.05, 3.63) is 77.4 Å². The van der Waals surface area contributed by atoms with Crippen molar-refractivity contribution < 1.29 is 9.84 Å². The van der Waals surface area contributed by atoms with E-state index in [2.05, 4.69) is 76.7 Å². The fourth-order valence-corrected chi connectivity index (χ4v) is 5.76. The summed E-state index contributed by atoms with van der Waals surface area (Å²) in [6.45, 7) is 15.9. The van der Waals surface area contributed by atoms with E-state index in [0.717, 1.165) is 31.4 Å². The first-order valence-corrected chi connectivity index (χ1v) is 13.8. The van der Waals surface area contributed by atoms with Crippen LogP contribution < -0.4 is 4.74 Å². The average molecular weight is 477 g/mol. The highest BCUT2D eigenvalue weighted by atomic mass is 16.5. The Balaban J connectivity index is 1.94. The van der Waals surface area contributed by atoms with Gasteiger partial charge in [0, 0.05) is 0 Å². The van der Waals surface area contributed by atoms with E-state index >= 15 is 0 Å². The van der Waals surface area contributed by atoms with Gasteiger partial charge in [0.05, 0.1) is 5.60 Å². The highest BCUT2D eigenvalue weighted by molar-refractivity contribution is 5.43. The Bertz CT molecular complexity index is 941. The van der Waals surface area contributed by atoms with Crippen molar-refractivity contribution in [2.75, 3.05) is 0 Å². The number of ether oxygens (including phenoxy) is 1. The molecule has 0 aromatic heterocycles. The second-order valence-corrected chi connectivity index (χ2v) is 12.0. The zero-order valence-corrected chi connectivity index (χ0v) is 22.9. The van der Waals surface area contributed by atoms with Crippen molar-refractivity contribution in [1.29, 1.82) is 0 Å². The van der Waals surface area contributed by atoms with Crippen LogP contribution in [0.15, 0.2) is 60.7 Å². The molecule has 2 aromatic carbocycles. The van der Waals surface area contributed by atoms with Gasteiger partial charge in [-0.2, -0.15) is 0 Å². The van der Waals surface area contributed by atoms with Crippen molar-refractivity contribution >= 4 is 0 Å². The molecule has 192 valence electrons. The SMILES string of the molecule is C=C(C)C[C@@H]1CC[C@](C)(O)C[C@@H]1c1ccc(C(C)(C)CCCCCC)cc1OCc1ccccc1. The first-order valence-electron chi connectivity index (χ1n) is 13.8. The minimum absolute atomic E-state index is 0.103. The van der Waals surface area contributed by atoms with Gasteiger partial charge >= 0.3 is 0 Å². The predicted molar refractivity (Wildman–Crippen MR) is 149 cm³/mol. The van der Waals surface area contributed by atoms with Gasteiger partial charge in [-0.05, 0) is 86.0 Å². The summed E-state index contributed by atoms with van der Waals surface area (Å²) in [5, 5.41) is 11.0. The Morgan fingerprint density at radius 1 is 1.11 bits per heavy atom. The lowest BCUT2D eigenvalue weighted by atomic mass is 9.67. The van der Waals surface area contributed by atoms with Gasteiger partial charge in [-0.25, -0.2) is 0 Å². The molecule has 2 heteroatoms. The Labute approximate surface area is 214 Å². The van der Waals surface area contributed by atoms with E-state index < -0.39 is 5.60 Å². The third kappa shape index (κ3) is 7.97. The van der Waals surface area contributed by atoms with Gasteiger partial charge < -0.3 is 9.84 Å². The van der Waals surface area contributed by atoms with Gasteiger partial charge in [0.2, 0.25) is 0 Å². The summed E-state index contributed by atoms with van der Waals surface area (Å²) in [5.41, 5.74) is 4.46. The maximum atomic E-state index is 11.0. The molecule has 2 aromatic rings. The monoisotopic (exact) mass is 476 g/mol. The average Bonchev–Trinajstić information content (AvgIpc) is 2.82. The third-order valence-electron chi connectivity index (χ3n) is 7.98. The molecule has 3 atom stereocenters. The summed E-state index contributed by atoms with van der Waals surface area (Å²) in [6.07, 6.45) is 9.97. The van der Waals surface area contributed by atoms with Crippen LogP contribution in [0.4, 0.5) is 0 Å². The third-order valence-corrected chi connectivity index (χ3v) is 7.98. The fourth-order valence-electron chi connectivity index (χ4n) is 5.76. The van der Waals surface area contributed by atoms with Crippen LogP contribution in [-0.2, 0) is 12.0 Å². The van der Waals surface area contributed by atoms with E-state index in [1.54, 1.807) is 0 Å². The smallest absolute Gasteiger partial charge is 0.123 e. The number of rotatable bonds is 12. The summed E-state index contributed by atoms with van der Waals surface area (Å²) >= 11 is 0. The molecule has 0 radical (unpaired) electrons. The van der Waals surface area contributed by atoms with Crippen molar-refractivity contribution in [2.45, 2.75) is 116 Å². The van der Waals surface area contributed by atoms with Crippen LogP contribution in [-0.4, -0.2) is 10.7 Å². The zero-order chi connectivity index (χ0) is 25.5. The molecule has 1 fully saturated rings. The molecule has 0 saturated heterocycles. The molecular formula is C33H48O2. The van der Waals surface area contributed by atoms with Gasteiger partial charge in [0.25, 0.3) is 0 Å². The van der Waals surface area contributed by atoms with Crippen LogP contribution in [0.2, 0.25) is 0 Å². The minimum Gasteiger partial charge on any atom is -0.489 e. The van der Waals surface area contributed by atoms with Gasteiger partial charge in [0.1, 0.15) is 12.4 Å². The van der Waals surface area contributed by atoms with E-state index in [0.29, 0.717) is 12.5 Å². The summed E-state index contributed by atoms with van der Waals surface area (Å²) in [7, 11) is 0. The first-order chi connectivity index (χ1) is 16.6. The van der Waals surface area contributed by atoms with Crippen LogP contribution in [0.1, 0.15) is 115 Å². The molecule has 1 N–H and O–H groups in total. The molecule has 0 spiro atoms. The molecule has 0 unspecified atom stereocenters. The lowest BCUT2D eigenvalue weighted by molar-refractivity contribution is -0.00285. The number of unbranched alkanes of at least 4 members (excludes halogenated alkanes) is 3. The number of benzene rings is 2. The summed E-state index contributed by atoms with van der Waals surface area (Å²) in [5.74, 6) is 1.74. The second kappa shape index (κ2) is 12.3. The van der Waals surface area contributed by atoms with Crippen molar-refractivity contribution in [3.8, 4) is 5.75 Å². The first kappa shape index (κ1) is 27.5. The molecular weight excluding hydrogens is 428 g/mol. The van der Waals surface area contributed by atoms with Crippen LogP contribution in [0.25, 0.3) is 0 Å². The zero-order valence-electron chi connectivity index (χ0n) is 22.9. The second-order valence-electron chi connectivity index (χ2n) is 12.0. The normalized spacial score (nSPS) is 22.7.